The van der Waals surface area contributed by atoms with Crippen LogP contribution in [0.4, 0.5) is 5.69 Å². The predicted molar refractivity (Wildman–Crippen MR) is 64.4 cm³/mol. The first-order valence-corrected chi connectivity index (χ1v) is 5.77. The Morgan fingerprint density at radius 3 is 2.82 bits per heavy atom. The lowest BCUT2D eigenvalue weighted by molar-refractivity contribution is -0.0861. The van der Waals surface area contributed by atoms with Gasteiger partial charge in [0.05, 0.1) is 30.6 Å². The van der Waals surface area contributed by atoms with Crippen molar-refractivity contribution in [2.75, 3.05) is 18.8 Å². The number of nitrogens with two attached hydrogens (primary N) is 1. The van der Waals surface area contributed by atoms with Gasteiger partial charge in [0.1, 0.15) is 5.69 Å². The number of nitrogens with zero attached hydrogens (tertiary/aromatic N) is 2. The molecule has 1 aromatic heterocycles. The van der Waals surface area contributed by atoms with Gasteiger partial charge in [0.25, 0.3) is 5.91 Å². The smallest absolute Gasteiger partial charge is 0.272 e. The Morgan fingerprint density at radius 1 is 1.59 bits per heavy atom. The summed E-state index contributed by atoms with van der Waals surface area (Å²) in [7, 11) is 0. The molecule has 1 fully saturated rings. The first kappa shape index (κ1) is 11.9. The number of β-amino-alcohol motifs (C(OH)–C–C–N with tert-alkyl or cyclic N) is 1. The van der Waals surface area contributed by atoms with Crippen LogP contribution < -0.4 is 5.73 Å². The van der Waals surface area contributed by atoms with Gasteiger partial charge in [0, 0.05) is 0 Å². The molecule has 0 spiro atoms. The van der Waals surface area contributed by atoms with Crippen LogP contribution in [0.25, 0.3) is 0 Å². The van der Waals surface area contributed by atoms with Crippen molar-refractivity contribution in [3.63, 3.8) is 0 Å². The fraction of sp³-hybridized carbons (Fsp3) is 0.500. The number of carbonyl (C=O) groups is 1. The quantitative estimate of drug-likeness (QED) is 0.806. The largest absolute Gasteiger partial charge is 0.397 e. The Morgan fingerprint density at radius 2 is 2.29 bits per heavy atom. The maximum Gasteiger partial charge on any atom is 0.272 e. The number of anilines is 1. The number of carbonyl (C=O) groups excluding carboxylic acids is 1. The average molecular weight is 235 g/mol. The number of likely N-dealkylation sites (tertiary alicyclic amines) is 1. The highest BCUT2D eigenvalue weighted by Crippen LogP contribution is 2.26. The van der Waals surface area contributed by atoms with Gasteiger partial charge in [-0.1, -0.05) is 13.3 Å². The third-order valence-corrected chi connectivity index (χ3v) is 2.98. The molecule has 0 radical (unpaired) electrons. The Bertz CT molecular complexity index is 410. The van der Waals surface area contributed by atoms with Crippen molar-refractivity contribution in [1.29, 1.82) is 0 Å². The van der Waals surface area contributed by atoms with Gasteiger partial charge in [0.15, 0.2) is 0 Å². The summed E-state index contributed by atoms with van der Waals surface area (Å²) in [6.45, 7) is 2.81. The molecule has 2 heterocycles. The van der Waals surface area contributed by atoms with Crippen molar-refractivity contribution in [3.8, 4) is 0 Å². The summed E-state index contributed by atoms with van der Waals surface area (Å²) < 4.78 is 0. The van der Waals surface area contributed by atoms with Gasteiger partial charge in [-0.15, -0.1) is 0 Å². The number of rotatable bonds is 3. The number of hydrogen-bond donors (Lipinski definition) is 2. The normalized spacial score (nSPS) is 17.6. The minimum atomic E-state index is -0.696. The summed E-state index contributed by atoms with van der Waals surface area (Å²) in [5.41, 5.74) is 5.72. The highest BCUT2D eigenvalue weighted by Gasteiger charge is 2.43. The van der Waals surface area contributed by atoms with Crippen molar-refractivity contribution in [3.05, 3.63) is 24.0 Å². The molecule has 2 rings (SSSR count). The maximum atomic E-state index is 11.9. The third-order valence-electron chi connectivity index (χ3n) is 2.98. The van der Waals surface area contributed by atoms with Crippen molar-refractivity contribution in [2.45, 2.75) is 25.4 Å². The number of aromatic nitrogens is 1. The second-order valence-corrected chi connectivity index (χ2v) is 4.61. The van der Waals surface area contributed by atoms with Crippen LogP contribution in [0.2, 0.25) is 0 Å². The van der Waals surface area contributed by atoms with E-state index in [1.54, 1.807) is 17.0 Å². The highest BCUT2D eigenvalue weighted by molar-refractivity contribution is 5.93. The Hall–Kier alpha value is -1.62. The Balaban J connectivity index is 1.97. The van der Waals surface area contributed by atoms with Crippen LogP contribution in [0.3, 0.4) is 0 Å². The van der Waals surface area contributed by atoms with Gasteiger partial charge in [-0.05, 0) is 18.6 Å². The summed E-state index contributed by atoms with van der Waals surface area (Å²) in [6.07, 6.45) is 3.11. The van der Waals surface area contributed by atoms with Crippen LogP contribution >= 0.6 is 0 Å². The fourth-order valence-electron chi connectivity index (χ4n) is 2.13. The SMILES string of the molecule is CCCC1(O)CN(C(=O)c2ccc(N)cn2)C1. The van der Waals surface area contributed by atoms with E-state index < -0.39 is 5.60 Å². The lowest BCUT2D eigenvalue weighted by Gasteiger charge is -2.46. The summed E-state index contributed by atoms with van der Waals surface area (Å²) in [4.78, 5) is 17.5. The molecule has 5 nitrogen and oxygen atoms in total. The van der Waals surface area contributed by atoms with Crippen LogP contribution in [0, 0.1) is 0 Å². The Kier molecular flexibility index (Phi) is 3.02. The van der Waals surface area contributed by atoms with Gasteiger partial charge in [0.2, 0.25) is 0 Å². The summed E-state index contributed by atoms with van der Waals surface area (Å²) >= 11 is 0. The number of hydrogen-bond acceptors (Lipinski definition) is 4. The van der Waals surface area contributed by atoms with Crippen molar-refractivity contribution >= 4 is 11.6 Å². The van der Waals surface area contributed by atoms with Crippen molar-refractivity contribution in [1.82, 2.24) is 9.88 Å². The molecule has 1 aliphatic rings. The van der Waals surface area contributed by atoms with E-state index in [9.17, 15) is 9.90 Å². The van der Waals surface area contributed by atoms with E-state index in [4.69, 9.17) is 5.73 Å². The van der Waals surface area contributed by atoms with Crippen LogP contribution in [0.5, 0.6) is 0 Å². The molecular formula is C12H17N3O2. The molecule has 1 saturated heterocycles. The monoisotopic (exact) mass is 235 g/mol. The van der Waals surface area contributed by atoms with Gasteiger partial charge in [-0.25, -0.2) is 4.98 Å². The molecule has 0 aliphatic carbocycles. The molecule has 0 unspecified atom stereocenters. The van der Waals surface area contributed by atoms with E-state index in [-0.39, 0.29) is 5.91 Å². The summed E-state index contributed by atoms with van der Waals surface area (Å²) in [6, 6.07) is 3.26. The minimum Gasteiger partial charge on any atom is -0.397 e. The van der Waals surface area contributed by atoms with Crippen LogP contribution in [-0.4, -0.2) is 39.6 Å². The molecule has 1 amide bonds. The van der Waals surface area contributed by atoms with Crippen molar-refractivity contribution in [2.24, 2.45) is 0 Å². The molecule has 17 heavy (non-hydrogen) atoms. The van der Waals surface area contributed by atoms with E-state index in [1.807, 2.05) is 6.92 Å². The molecule has 0 bridgehead atoms. The van der Waals surface area contributed by atoms with Gasteiger partial charge in [-0.3, -0.25) is 4.79 Å². The molecule has 0 atom stereocenters. The maximum absolute atomic E-state index is 11.9. The zero-order valence-electron chi connectivity index (χ0n) is 9.89. The molecule has 92 valence electrons. The lowest BCUT2D eigenvalue weighted by atomic mass is 9.89. The van der Waals surface area contributed by atoms with E-state index in [1.165, 1.54) is 6.20 Å². The first-order chi connectivity index (χ1) is 8.04. The average Bonchev–Trinajstić information content (AvgIpc) is 2.26. The van der Waals surface area contributed by atoms with Crippen LogP contribution in [0.15, 0.2) is 18.3 Å². The second-order valence-electron chi connectivity index (χ2n) is 4.61. The molecule has 1 aliphatic heterocycles. The molecule has 0 saturated carbocycles. The molecule has 5 heteroatoms. The highest BCUT2D eigenvalue weighted by atomic mass is 16.3. The molecular weight excluding hydrogens is 218 g/mol. The molecule has 3 N–H and O–H groups in total. The van der Waals surface area contributed by atoms with Crippen molar-refractivity contribution < 1.29 is 9.90 Å². The zero-order valence-corrected chi connectivity index (χ0v) is 9.89. The van der Waals surface area contributed by atoms with E-state index in [0.717, 1.165) is 12.8 Å². The first-order valence-electron chi connectivity index (χ1n) is 5.77. The number of amides is 1. The van der Waals surface area contributed by atoms with Gasteiger partial charge in [-0.2, -0.15) is 0 Å². The number of pyridine rings is 1. The second kappa shape index (κ2) is 4.33. The van der Waals surface area contributed by atoms with Crippen LogP contribution in [0.1, 0.15) is 30.3 Å². The van der Waals surface area contributed by atoms with E-state index in [0.29, 0.717) is 24.5 Å². The van der Waals surface area contributed by atoms with Gasteiger partial charge >= 0.3 is 0 Å². The molecule has 1 aromatic rings. The number of aliphatic hydroxyl groups is 1. The topological polar surface area (TPSA) is 79.5 Å². The summed E-state index contributed by atoms with van der Waals surface area (Å²) in [5, 5.41) is 9.99. The third kappa shape index (κ3) is 2.39. The fourth-order valence-corrected chi connectivity index (χ4v) is 2.13. The van der Waals surface area contributed by atoms with Gasteiger partial charge < -0.3 is 15.7 Å². The Labute approximate surface area is 100 Å². The predicted octanol–water partition coefficient (Wildman–Crippen LogP) is 0.651. The summed E-state index contributed by atoms with van der Waals surface area (Å²) in [5.74, 6) is -0.147. The van der Waals surface area contributed by atoms with Crippen LogP contribution in [-0.2, 0) is 0 Å². The molecule has 0 aromatic carbocycles. The number of nitrogen functional groups attached to an aromatic ring is 1. The van der Waals surface area contributed by atoms with E-state index in [2.05, 4.69) is 4.98 Å². The zero-order chi connectivity index (χ0) is 12.5. The lowest BCUT2D eigenvalue weighted by Crippen LogP contribution is -2.63. The standard InChI is InChI=1S/C12H17N3O2/c1-2-5-12(17)7-15(8-12)11(16)10-4-3-9(13)6-14-10/h3-4,6,17H,2,5,7-8,13H2,1H3. The van der Waals surface area contributed by atoms with E-state index >= 15 is 0 Å². The minimum absolute atomic E-state index is 0.147.